The molecule has 2 aromatic carbocycles. The molecule has 162 valence electrons. The van der Waals surface area contributed by atoms with E-state index < -0.39 is 40.8 Å². The minimum absolute atomic E-state index is 0.0301. The molecule has 2 amide bonds. The van der Waals surface area contributed by atoms with Gasteiger partial charge in [0.05, 0.1) is 6.04 Å². The number of carbonyl (C=O) groups excluding carboxylic acids is 2. The first kappa shape index (κ1) is 24.4. The lowest BCUT2D eigenvalue weighted by atomic mass is 9.86. The van der Waals surface area contributed by atoms with Crippen molar-refractivity contribution in [2.24, 2.45) is 5.73 Å². The van der Waals surface area contributed by atoms with Crippen LogP contribution in [0.25, 0.3) is 0 Å². The molecule has 7 nitrogen and oxygen atoms in total. The van der Waals surface area contributed by atoms with Gasteiger partial charge in [-0.05, 0) is 35.6 Å². The van der Waals surface area contributed by atoms with Crippen LogP contribution >= 0.6 is 0 Å². The molecule has 0 spiro atoms. The van der Waals surface area contributed by atoms with E-state index in [4.69, 9.17) is 15.8 Å². The van der Waals surface area contributed by atoms with Crippen LogP contribution in [0.1, 0.15) is 22.3 Å². The van der Waals surface area contributed by atoms with Crippen molar-refractivity contribution >= 4 is 37.7 Å². The molecule has 12 heteroatoms. The molecule has 0 aliphatic carbocycles. The third-order valence-electron chi connectivity index (χ3n) is 4.53. The van der Waals surface area contributed by atoms with E-state index in [0.29, 0.717) is 15.0 Å². The van der Waals surface area contributed by atoms with E-state index in [1.165, 1.54) is 18.0 Å². The molecule has 0 aromatic heterocycles. The minimum Gasteiger partial charge on any atom is -0.450 e. The van der Waals surface area contributed by atoms with E-state index in [0.717, 1.165) is 24.3 Å². The molecule has 2 rings (SSSR count). The smallest absolute Gasteiger partial charge is 0.329 e. The maximum atomic E-state index is 13.9. The SMILES string of the molecule is CNC(=O)[C@@H](N)CCN(Cc1cc(F)c(F)c([B]O)c1)C(=O)c1cc(F)cc([B]O)c1. The summed E-state index contributed by atoms with van der Waals surface area (Å²) in [6.07, 6.45) is 0.0301. The number of likely N-dealkylation sites (N-methyl/N-ethyl adjacent to an activating group) is 1. The minimum atomic E-state index is -1.25. The van der Waals surface area contributed by atoms with Crippen LogP contribution in [0, 0.1) is 17.5 Å². The quantitative estimate of drug-likeness (QED) is 0.367. The number of hydrogen-bond acceptors (Lipinski definition) is 5. The van der Waals surface area contributed by atoms with Gasteiger partial charge in [0, 0.05) is 25.7 Å². The maximum absolute atomic E-state index is 13.9. The molecule has 2 radical (unpaired) electrons. The van der Waals surface area contributed by atoms with Crippen LogP contribution < -0.4 is 22.0 Å². The highest BCUT2D eigenvalue weighted by atomic mass is 19.2. The van der Waals surface area contributed by atoms with Crippen molar-refractivity contribution in [3.8, 4) is 0 Å². The Morgan fingerprint density at radius 1 is 1.13 bits per heavy atom. The van der Waals surface area contributed by atoms with Gasteiger partial charge in [-0.25, -0.2) is 13.2 Å². The molecule has 1 atom stereocenters. The molecule has 0 unspecified atom stereocenters. The number of nitrogens with zero attached hydrogens (tertiary/aromatic N) is 1. The average molecular weight is 433 g/mol. The largest absolute Gasteiger partial charge is 0.450 e. The van der Waals surface area contributed by atoms with Crippen molar-refractivity contribution in [1.82, 2.24) is 10.2 Å². The summed E-state index contributed by atoms with van der Waals surface area (Å²) < 4.78 is 41.4. The van der Waals surface area contributed by atoms with Gasteiger partial charge in [-0.2, -0.15) is 0 Å². The number of halogens is 3. The fourth-order valence-corrected chi connectivity index (χ4v) is 2.93. The van der Waals surface area contributed by atoms with Crippen LogP contribution in [0.5, 0.6) is 0 Å². The lowest BCUT2D eigenvalue weighted by molar-refractivity contribution is -0.122. The van der Waals surface area contributed by atoms with Gasteiger partial charge < -0.3 is 26.0 Å². The Labute approximate surface area is 178 Å². The summed E-state index contributed by atoms with van der Waals surface area (Å²) >= 11 is 0. The standard InChI is InChI=1S/C19H20B2F3N3O4/c1-26-18(28)16(25)2-3-27(9-10-4-14(21-31)17(24)15(23)5-10)19(29)11-6-12(20-30)8-13(22)7-11/h4-8,16,30-31H,2-3,9,25H2,1H3,(H,26,28)/t16-/m0/s1. The van der Waals surface area contributed by atoms with E-state index in [1.807, 2.05) is 0 Å². The Morgan fingerprint density at radius 2 is 1.84 bits per heavy atom. The van der Waals surface area contributed by atoms with Crippen LogP contribution in [-0.2, 0) is 11.3 Å². The van der Waals surface area contributed by atoms with Gasteiger partial charge in [0.1, 0.15) is 5.82 Å². The highest BCUT2D eigenvalue weighted by Crippen LogP contribution is 2.14. The Morgan fingerprint density at radius 3 is 2.45 bits per heavy atom. The summed E-state index contributed by atoms with van der Waals surface area (Å²) in [6, 6.07) is 4.28. The Hall–Kier alpha value is -2.82. The second-order valence-electron chi connectivity index (χ2n) is 6.75. The van der Waals surface area contributed by atoms with Gasteiger partial charge >= 0.3 is 15.0 Å². The molecule has 0 bridgehead atoms. The van der Waals surface area contributed by atoms with Gasteiger partial charge in [-0.15, -0.1) is 0 Å². The summed E-state index contributed by atoms with van der Waals surface area (Å²) in [6.45, 7) is -0.314. The van der Waals surface area contributed by atoms with Crippen molar-refractivity contribution in [2.45, 2.75) is 19.0 Å². The zero-order chi connectivity index (χ0) is 23.1. The fraction of sp³-hybridized carbons (Fsp3) is 0.263. The topological polar surface area (TPSA) is 116 Å². The maximum Gasteiger partial charge on any atom is 0.329 e. The average Bonchev–Trinajstić information content (AvgIpc) is 2.76. The van der Waals surface area contributed by atoms with Crippen LogP contribution in [0.3, 0.4) is 0 Å². The highest BCUT2D eigenvalue weighted by Gasteiger charge is 2.22. The van der Waals surface area contributed by atoms with Crippen LogP contribution in [0.15, 0.2) is 30.3 Å². The number of benzene rings is 2. The monoisotopic (exact) mass is 433 g/mol. The molecule has 0 saturated heterocycles. The summed E-state index contributed by atoms with van der Waals surface area (Å²) in [5.41, 5.74) is 5.45. The van der Waals surface area contributed by atoms with E-state index in [9.17, 15) is 22.8 Å². The van der Waals surface area contributed by atoms with E-state index in [1.54, 1.807) is 0 Å². The highest BCUT2D eigenvalue weighted by molar-refractivity contribution is 6.46. The number of amides is 2. The zero-order valence-corrected chi connectivity index (χ0v) is 16.6. The molecular formula is C19H20B2F3N3O4. The molecule has 0 aliphatic heterocycles. The summed E-state index contributed by atoms with van der Waals surface area (Å²) in [4.78, 5) is 25.9. The molecular weight excluding hydrogens is 413 g/mol. The van der Waals surface area contributed by atoms with Crippen molar-refractivity contribution < 1.29 is 32.8 Å². The molecule has 31 heavy (non-hydrogen) atoms. The van der Waals surface area contributed by atoms with Crippen molar-refractivity contribution in [2.75, 3.05) is 13.6 Å². The van der Waals surface area contributed by atoms with Crippen molar-refractivity contribution in [3.63, 3.8) is 0 Å². The van der Waals surface area contributed by atoms with Crippen molar-refractivity contribution in [3.05, 3.63) is 58.9 Å². The first-order valence-electron chi connectivity index (χ1n) is 9.20. The van der Waals surface area contributed by atoms with Crippen molar-refractivity contribution in [1.29, 1.82) is 0 Å². The first-order valence-corrected chi connectivity index (χ1v) is 9.20. The van der Waals surface area contributed by atoms with E-state index in [-0.39, 0.29) is 36.1 Å². The number of nitrogens with one attached hydrogen (secondary N) is 1. The van der Waals surface area contributed by atoms with Crippen LogP contribution in [0.4, 0.5) is 13.2 Å². The van der Waals surface area contributed by atoms with Crippen LogP contribution in [0.2, 0.25) is 0 Å². The van der Waals surface area contributed by atoms with Gasteiger partial charge in [0.15, 0.2) is 11.6 Å². The Bertz CT molecular complexity index is 965. The number of carbonyl (C=O) groups is 2. The first-order chi connectivity index (χ1) is 14.7. The van der Waals surface area contributed by atoms with Gasteiger partial charge in [0.2, 0.25) is 5.91 Å². The molecule has 0 aliphatic rings. The zero-order valence-electron chi connectivity index (χ0n) is 16.6. The molecule has 0 saturated carbocycles. The lowest BCUT2D eigenvalue weighted by Gasteiger charge is -2.25. The van der Waals surface area contributed by atoms with E-state index in [2.05, 4.69) is 5.32 Å². The van der Waals surface area contributed by atoms with Gasteiger partial charge in [-0.3, -0.25) is 9.59 Å². The number of hydrogen-bond donors (Lipinski definition) is 4. The number of nitrogens with two attached hydrogens (primary N) is 1. The van der Waals surface area contributed by atoms with Gasteiger partial charge in [-0.1, -0.05) is 17.6 Å². The summed E-state index contributed by atoms with van der Waals surface area (Å²) in [5.74, 6) is -4.39. The molecule has 0 fully saturated rings. The Balaban J connectivity index is 2.36. The second-order valence-corrected chi connectivity index (χ2v) is 6.75. The Kier molecular flexibility index (Phi) is 8.66. The van der Waals surface area contributed by atoms with Gasteiger partial charge in [0.25, 0.3) is 5.91 Å². The molecule has 5 N–H and O–H groups in total. The summed E-state index contributed by atoms with van der Waals surface area (Å²) in [7, 11) is 2.43. The predicted molar refractivity (Wildman–Crippen MR) is 109 cm³/mol. The number of rotatable bonds is 9. The van der Waals surface area contributed by atoms with E-state index >= 15 is 0 Å². The normalized spacial score (nSPS) is 11.6. The third-order valence-corrected chi connectivity index (χ3v) is 4.53. The molecule has 2 aromatic rings. The van der Waals surface area contributed by atoms with Crippen LogP contribution in [-0.4, -0.2) is 61.4 Å². The summed E-state index contributed by atoms with van der Waals surface area (Å²) in [5, 5.41) is 20.6. The predicted octanol–water partition coefficient (Wildman–Crippen LogP) is -1.32. The molecule has 0 heterocycles. The second kappa shape index (κ2) is 11.0. The lowest BCUT2D eigenvalue weighted by Crippen LogP contribution is -2.42. The third kappa shape index (κ3) is 6.33. The fourth-order valence-electron chi connectivity index (χ4n) is 2.93.